The van der Waals surface area contributed by atoms with Crippen LogP contribution in [-0.2, 0) is 4.74 Å². The van der Waals surface area contributed by atoms with Gasteiger partial charge in [0.2, 0.25) is 5.95 Å². The van der Waals surface area contributed by atoms with Crippen molar-refractivity contribution in [2.45, 2.75) is 0 Å². The van der Waals surface area contributed by atoms with Crippen molar-refractivity contribution in [2.75, 3.05) is 68.9 Å². The zero-order valence-electron chi connectivity index (χ0n) is 11.5. The lowest BCUT2D eigenvalue weighted by Crippen LogP contribution is -2.39. The predicted molar refractivity (Wildman–Crippen MR) is 77.8 cm³/mol. The van der Waals surface area contributed by atoms with Crippen molar-refractivity contribution in [3.8, 4) is 0 Å². The molecule has 1 aromatic heterocycles. The SMILES string of the molecule is Nc1nc(NCCO)cc(NCCN2CCOCC2)n1. The Kier molecular flexibility index (Phi) is 5.78. The molecule has 0 amide bonds. The Labute approximate surface area is 118 Å². The number of nitrogen functional groups attached to an aromatic ring is 1. The first kappa shape index (κ1) is 14.8. The van der Waals surface area contributed by atoms with E-state index in [0.717, 1.165) is 39.4 Å². The molecule has 2 rings (SSSR count). The maximum Gasteiger partial charge on any atom is 0.223 e. The Hall–Kier alpha value is -1.64. The van der Waals surface area contributed by atoms with E-state index in [1.54, 1.807) is 6.07 Å². The molecular weight excluding hydrogens is 260 g/mol. The minimum Gasteiger partial charge on any atom is -0.395 e. The summed E-state index contributed by atoms with van der Waals surface area (Å²) in [5, 5.41) is 15.0. The number of nitrogens with one attached hydrogen (secondary N) is 2. The average Bonchev–Trinajstić information content (AvgIpc) is 2.46. The van der Waals surface area contributed by atoms with E-state index in [4.69, 9.17) is 15.6 Å². The van der Waals surface area contributed by atoms with Crippen LogP contribution in [0.4, 0.5) is 17.6 Å². The fourth-order valence-corrected chi connectivity index (χ4v) is 2.00. The van der Waals surface area contributed by atoms with Crippen LogP contribution >= 0.6 is 0 Å². The van der Waals surface area contributed by atoms with Gasteiger partial charge in [-0.2, -0.15) is 9.97 Å². The van der Waals surface area contributed by atoms with Crippen LogP contribution < -0.4 is 16.4 Å². The van der Waals surface area contributed by atoms with Crippen molar-refractivity contribution < 1.29 is 9.84 Å². The topological polar surface area (TPSA) is 109 Å². The quantitative estimate of drug-likeness (QED) is 0.515. The number of morpholine rings is 1. The van der Waals surface area contributed by atoms with Gasteiger partial charge in [0.15, 0.2) is 0 Å². The molecule has 1 aromatic rings. The highest BCUT2D eigenvalue weighted by Crippen LogP contribution is 2.12. The molecule has 1 aliphatic heterocycles. The Morgan fingerprint density at radius 2 is 1.85 bits per heavy atom. The molecule has 0 aliphatic carbocycles. The summed E-state index contributed by atoms with van der Waals surface area (Å²) in [4.78, 5) is 10.5. The van der Waals surface area contributed by atoms with Gasteiger partial charge in [-0.15, -0.1) is 0 Å². The van der Waals surface area contributed by atoms with Gasteiger partial charge in [0.1, 0.15) is 11.6 Å². The molecule has 0 unspecified atom stereocenters. The number of nitrogens with two attached hydrogens (primary N) is 1. The van der Waals surface area contributed by atoms with Crippen molar-refractivity contribution >= 4 is 17.6 Å². The molecule has 0 atom stereocenters. The number of hydrogen-bond donors (Lipinski definition) is 4. The van der Waals surface area contributed by atoms with E-state index in [-0.39, 0.29) is 12.6 Å². The van der Waals surface area contributed by atoms with Gasteiger partial charge in [0.05, 0.1) is 19.8 Å². The van der Waals surface area contributed by atoms with E-state index < -0.39 is 0 Å². The number of ether oxygens (including phenoxy) is 1. The van der Waals surface area contributed by atoms with Crippen LogP contribution in [0.5, 0.6) is 0 Å². The zero-order valence-corrected chi connectivity index (χ0v) is 11.5. The molecule has 2 heterocycles. The monoisotopic (exact) mass is 282 g/mol. The van der Waals surface area contributed by atoms with Crippen LogP contribution in [-0.4, -0.2) is 72.5 Å². The first-order valence-corrected chi connectivity index (χ1v) is 6.81. The van der Waals surface area contributed by atoms with E-state index in [1.165, 1.54) is 0 Å². The fourth-order valence-electron chi connectivity index (χ4n) is 2.00. The van der Waals surface area contributed by atoms with Gasteiger partial charge in [-0.1, -0.05) is 0 Å². The number of aromatic nitrogens is 2. The summed E-state index contributed by atoms with van der Waals surface area (Å²) in [7, 11) is 0. The van der Waals surface area contributed by atoms with Crippen LogP contribution in [0.25, 0.3) is 0 Å². The summed E-state index contributed by atoms with van der Waals surface area (Å²) in [5.74, 6) is 1.51. The number of rotatable bonds is 7. The highest BCUT2D eigenvalue weighted by Gasteiger charge is 2.09. The third-order valence-corrected chi connectivity index (χ3v) is 3.00. The Morgan fingerprint density at radius 3 is 2.50 bits per heavy atom. The molecule has 0 spiro atoms. The lowest BCUT2D eigenvalue weighted by Gasteiger charge is -2.26. The van der Waals surface area contributed by atoms with Gasteiger partial charge in [-0.3, -0.25) is 4.90 Å². The third-order valence-electron chi connectivity index (χ3n) is 3.00. The molecule has 8 heteroatoms. The number of aliphatic hydroxyl groups is 1. The second-order valence-corrected chi connectivity index (χ2v) is 4.53. The number of aliphatic hydroxyl groups excluding tert-OH is 1. The third kappa shape index (κ3) is 4.80. The summed E-state index contributed by atoms with van der Waals surface area (Å²) in [6.45, 7) is 5.75. The Balaban J connectivity index is 1.80. The Morgan fingerprint density at radius 1 is 1.20 bits per heavy atom. The summed E-state index contributed by atoms with van der Waals surface area (Å²) in [5.41, 5.74) is 5.65. The molecule has 0 aromatic carbocycles. The lowest BCUT2D eigenvalue weighted by molar-refractivity contribution is 0.0398. The van der Waals surface area contributed by atoms with Gasteiger partial charge in [-0.25, -0.2) is 0 Å². The molecule has 5 N–H and O–H groups in total. The van der Waals surface area contributed by atoms with E-state index in [0.29, 0.717) is 18.2 Å². The maximum absolute atomic E-state index is 8.78. The molecule has 0 bridgehead atoms. The smallest absolute Gasteiger partial charge is 0.223 e. The van der Waals surface area contributed by atoms with Crippen molar-refractivity contribution in [1.82, 2.24) is 14.9 Å². The van der Waals surface area contributed by atoms with E-state index in [9.17, 15) is 0 Å². The fraction of sp³-hybridized carbons (Fsp3) is 0.667. The zero-order chi connectivity index (χ0) is 14.2. The molecule has 1 aliphatic rings. The van der Waals surface area contributed by atoms with E-state index in [2.05, 4.69) is 25.5 Å². The highest BCUT2D eigenvalue weighted by molar-refractivity contribution is 5.50. The molecular formula is C12H22N6O2. The number of anilines is 3. The first-order chi connectivity index (χ1) is 9.78. The van der Waals surface area contributed by atoms with Gasteiger partial charge in [0.25, 0.3) is 0 Å². The summed E-state index contributed by atoms with van der Waals surface area (Å²) < 4.78 is 5.31. The van der Waals surface area contributed by atoms with Crippen LogP contribution in [0.3, 0.4) is 0 Å². The molecule has 112 valence electrons. The lowest BCUT2D eigenvalue weighted by atomic mass is 10.4. The van der Waals surface area contributed by atoms with Crippen molar-refractivity contribution in [3.63, 3.8) is 0 Å². The second-order valence-electron chi connectivity index (χ2n) is 4.53. The van der Waals surface area contributed by atoms with E-state index >= 15 is 0 Å². The van der Waals surface area contributed by atoms with Gasteiger partial charge >= 0.3 is 0 Å². The normalized spacial score (nSPS) is 16.1. The molecule has 1 fully saturated rings. The van der Waals surface area contributed by atoms with Crippen molar-refractivity contribution in [1.29, 1.82) is 0 Å². The molecule has 0 radical (unpaired) electrons. The Bertz CT molecular complexity index is 411. The van der Waals surface area contributed by atoms with Crippen LogP contribution in [0.15, 0.2) is 6.07 Å². The average molecular weight is 282 g/mol. The summed E-state index contributed by atoms with van der Waals surface area (Å²) in [6.07, 6.45) is 0. The second kappa shape index (κ2) is 7.83. The highest BCUT2D eigenvalue weighted by atomic mass is 16.5. The summed E-state index contributed by atoms with van der Waals surface area (Å²) in [6, 6.07) is 1.78. The molecule has 8 nitrogen and oxygen atoms in total. The molecule has 20 heavy (non-hydrogen) atoms. The standard InChI is InChI=1S/C12H22N6O2/c13-12-16-10(9-11(17-12)15-2-6-19)14-1-3-18-4-7-20-8-5-18/h9,19H,1-8H2,(H4,13,14,15,16,17). The maximum atomic E-state index is 8.78. The minimum atomic E-state index is 0.0453. The molecule has 1 saturated heterocycles. The van der Waals surface area contributed by atoms with E-state index in [1.807, 2.05) is 0 Å². The van der Waals surface area contributed by atoms with Gasteiger partial charge in [-0.05, 0) is 0 Å². The minimum absolute atomic E-state index is 0.0453. The molecule has 0 saturated carbocycles. The van der Waals surface area contributed by atoms with Crippen molar-refractivity contribution in [2.24, 2.45) is 0 Å². The van der Waals surface area contributed by atoms with Crippen LogP contribution in [0.2, 0.25) is 0 Å². The van der Waals surface area contributed by atoms with Crippen LogP contribution in [0.1, 0.15) is 0 Å². The number of nitrogens with zero attached hydrogens (tertiary/aromatic N) is 3. The number of hydrogen-bond acceptors (Lipinski definition) is 8. The van der Waals surface area contributed by atoms with Gasteiger partial charge < -0.3 is 26.2 Å². The van der Waals surface area contributed by atoms with Crippen molar-refractivity contribution in [3.05, 3.63) is 6.07 Å². The van der Waals surface area contributed by atoms with Gasteiger partial charge in [0, 0.05) is 38.8 Å². The predicted octanol–water partition coefficient (Wildman–Crippen LogP) is -0.793. The summed E-state index contributed by atoms with van der Waals surface area (Å²) >= 11 is 0. The van der Waals surface area contributed by atoms with Crippen LogP contribution in [0, 0.1) is 0 Å². The first-order valence-electron chi connectivity index (χ1n) is 6.81. The largest absolute Gasteiger partial charge is 0.395 e.